The molecule has 18 heteroatoms. The highest BCUT2D eigenvalue weighted by molar-refractivity contribution is 6.31. The Morgan fingerprint density at radius 3 is 2.45 bits per heavy atom. The number of aromatic hydroxyl groups is 2. The Bertz CT molecular complexity index is 2070. The van der Waals surface area contributed by atoms with E-state index in [4.69, 9.17) is 24.1 Å². The second-order valence-electron chi connectivity index (χ2n) is 15.4. The smallest absolute Gasteiger partial charge is 0.408 e. The molecule has 4 aliphatic rings. The summed E-state index contributed by atoms with van der Waals surface area (Å²) in [4.78, 5) is 78.1. The number of fused-ring (bicyclic) bond motifs is 3. The normalized spacial score (nSPS) is 29.7. The van der Waals surface area contributed by atoms with Crippen LogP contribution in [0.1, 0.15) is 101 Å². The fraction of sp³-hybridized carbons (Fsp3) is 0.500. The number of aliphatic carboxylic acids is 1. The molecule has 1 aliphatic heterocycles. The summed E-state index contributed by atoms with van der Waals surface area (Å²) >= 11 is 0. The van der Waals surface area contributed by atoms with Gasteiger partial charge in [0.1, 0.15) is 48.2 Å². The average Bonchev–Trinajstić information content (AvgIpc) is 3.17. The zero-order chi connectivity index (χ0) is 42.3. The summed E-state index contributed by atoms with van der Waals surface area (Å²) in [6.45, 7) is 1.45. The number of carbonyl (C=O) groups is 6. The van der Waals surface area contributed by atoms with Crippen LogP contribution in [0.5, 0.6) is 17.2 Å². The van der Waals surface area contributed by atoms with Crippen LogP contribution in [0.2, 0.25) is 0 Å². The molecule has 2 aromatic rings. The largest absolute Gasteiger partial charge is 0.507 e. The van der Waals surface area contributed by atoms with Crippen molar-refractivity contribution in [1.29, 1.82) is 0 Å². The molecule has 2 amide bonds. The first-order chi connectivity index (χ1) is 27.4. The molecule has 8 N–H and O–H groups in total. The maximum atomic E-state index is 14.0. The molecule has 58 heavy (non-hydrogen) atoms. The van der Waals surface area contributed by atoms with Crippen LogP contribution in [-0.4, -0.2) is 122 Å². The molecule has 2 aromatic carbocycles. The van der Waals surface area contributed by atoms with Gasteiger partial charge in [0.15, 0.2) is 17.9 Å². The number of benzene rings is 2. The number of methoxy groups -OCH3 is 1. The molecular weight excluding hydrogens is 764 g/mol. The van der Waals surface area contributed by atoms with E-state index in [1.165, 1.54) is 32.2 Å². The summed E-state index contributed by atoms with van der Waals surface area (Å²) in [5.41, 5.74) is -5.37. The zero-order valence-electron chi connectivity index (χ0n) is 32.0. The van der Waals surface area contributed by atoms with E-state index in [9.17, 15) is 54.3 Å². The SMILES string of the molecule is COc1cccc2c1C(=O)c1c(O)c3c(c(O)c1C2=O)C[C@@](O)(C(=O)CO)C[C@@H]3O[C@H]1C[C@H](NC(=O)O[C@H]2/C=C/CCC[C@@](C)(C(=O)NCC(=O)O)C2)[C@@H](O)[C@H](C)O1. The third-order valence-electron chi connectivity index (χ3n) is 11.4. The first-order valence-corrected chi connectivity index (χ1v) is 18.8. The molecule has 1 saturated heterocycles. The number of carbonyl (C=O) groups excluding carboxylic acids is 5. The number of phenols is 2. The summed E-state index contributed by atoms with van der Waals surface area (Å²) < 4.78 is 23.1. The first-order valence-electron chi connectivity index (χ1n) is 18.8. The Kier molecular flexibility index (Phi) is 12.0. The maximum Gasteiger partial charge on any atom is 0.408 e. The van der Waals surface area contributed by atoms with Crippen molar-refractivity contribution in [2.24, 2.45) is 5.41 Å². The zero-order valence-corrected chi connectivity index (χ0v) is 32.0. The van der Waals surface area contributed by atoms with Crippen molar-refractivity contribution in [1.82, 2.24) is 10.6 Å². The van der Waals surface area contributed by atoms with E-state index in [1.807, 2.05) is 0 Å². The molecule has 1 fully saturated rings. The van der Waals surface area contributed by atoms with E-state index in [0.717, 1.165) is 0 Å². The molecule has 0 unspecified atom stereocenters. The Balaban J connectivity index is 1.27. The van der Waals surface area contributed by atoms with Crippen LogP contribution < -0.4 is 15.4 Å². The fourth-order valence-corrected chi connectivity index (χ4v) is 8.31. The van der Waals surface area contributed by atoms with E-state index < -0.39 is 132 Å². The summed E-state index contributed by atoms with van der Waals surface area (Å²) in [5, 5.41) is 69.8. The summed E-state index contributed by atoms with van der Waals surface area (Å²) in [7, 11) is 1.29. The Morgan fingerprint density at radius 1 is 1.03 bits per heavy atom. The lowest BCUT2D eigenvalue weighted by molar-refractivity contribution is -0.249. The van der Waals surface area contributed by atoms with Gasteiger partial charge in [-0.1, -0.05) is 25.1 Å². The summed E-state index contributed by atoms with van der Waals surface area (Å²) in [6.07, 6.45) is -3.59. The molecule has 0 aromatic heterocycles. The number of aliphatic hydroxyl groups excluding tert-OH is 2. The maximum absolute atomic E-state index is 14.0. The van der Waals surface area contributed by atoms with Crippen molar-refractivity contribution in [2.75, 3.05) is 20.3 Å². The number of allylic oxidation sites excluding steroid dienone is 1. The van der Waals surface area contributed by atoms with Crippen LogP contribution >= 0.6 is 0 Å². The molecule has 0 spiro atoms. The van der Waals surface area contributed by atoms with Crippen molar-refractivity contribution in [3.63, 3.8) is 0 Å². The van der Waals surface area contributed by atoms with Gasteiger partial charge in [-0.25, -0.2) is 4.79 Å². The number of hydrogen-bond acceptors (Lipinski definition) is 15. The van der Waals surface area contributed by atoms with Crippen molar-refractivity contribution in [3.05, 3.63) is 63.7 Å². The van der Waals surface area contributed by atoms with Gasteiger partial charge in [0.2, 0.25) is 11.7 Å². The second-order valence-corrected chi connectivity index (χ2v) is 15.4. The van der Waals surface area contributed by atoms with E-state index >= 15 is 0 Å². The van der Waals surface area contributed by atoms with Gasteiger partial charge in [-0.15, -0.1) is 0 Å². The number of phenolic OH excluding ortho intramolecular Hbond substituents is 2. The molecule has 1 heterocycles. The number of nitrogens with one attached hydrogen (secondary N) is 2. The quantitative estimate of drug-likeness (QED) is 0.106. The molecule has 6 rings (SSSR count). The average molecular weight is 811 g/mol. The number of ether oxygens (including phenoxy) is 4. The van der Waals surface area contributed by atoms with E-state index in [1.54, 1.807) is 19.1 Å². The monoisotopic (exact) mass is 810 g/mol. The van der Waals surface area contributed by atoms with Gasteiger partial charge in [0.05, 0.1) is 47.5 Å². The molecule has 0 radical (unpaired) electrons. The summed E-state index contributed by atoms with van der Waals surface area (Å²) in [5.74, 6) is -5.98. The fourth-order valence-electron chi connectivity index (χ4n) is 8.31. The van der Waals surface area contributed by atoms with Gasteiger partial charge in [0, 0.05) is 42.4 Å². The van der Waals surface area contributed by atoms with Gasteiger partial charge in [-0.3, -0.25) is 24.0 Å². The minimum Gasteiger partial charge on any atom is -0.507 e. The summed E-state index contributed by atoms with van der Waals surface area (Å²) in [6, 6.07) is 3.16. The molecule has 0 bridgehead atoms. The van der Waals surface area contributed by atoms with E-state index in [2.05, 4.69) is 10.6 Å². The van der Waals surface area contributed by atoms with Gasteiger partial charge < -0.3 is 60.2 Å². The molecule has 312 valence electrons. The number of aliphatic hydroxyl groups is 3. The number of alkyl carbamates (subject to hydrolysis) is 1. The topological polar surface area (TPSA) is 285 Å². The highest BCUT2D eigenvalue weighted by Crippen LogP contribution is 2.52. The number of ketones is 3. The van der Waals surface area contributed by atoms with Gasteiger partial charge >= 0.3 is 12.1 Å². The highest BCUT2D eigenvalue weighted by Gasteiger charge is 2.50. The Hall–Kier alpha value is -5.40. The third-order valence-corrected chi connectivity index (χ3v) is 11.4. The minimum atomic E-state index is -2.39. The predicted octanol–water partition coefficient (Wildman–Crippen LogP) is 1.47. The van der Waals surface area contributed by atoms with Crippen LogP contribution in [0.25, 0.3) is 0 Å². The molecule has 3 aliphatic carbocycles. The van der Waals surface area contributed by atoms with E-state index in [-0.39, 0.29) is 40.8 Å². The lowest BCUT2D eigenvalue weighted by Crippen LogP contribution is -2.56. The molecule has 0 saturated carbocycles. The Labute approximate surface area is 331 Å². The van der Waals surface area contributed by atoms with Crippen LogP contribution in [-0.2, 0) is 35.0 Å². The van der Waals surface area contributed by atoms with Crippen LogP contribution in [0.4, 0.5) is 4.79 Å². The van der Waals surface area contributed by atoms with Gasteiger partial charge in [-0.2, -0.15) is 0 Å². The highest BCUT2D eigenvalue weighted by atomic mass is 16.7. The molecule has 18 nitrogen and oxygen atoms in total. The second kappa shape index (κ2) is 16.5. The van der Waals surface area contributed by atoms with Crippen molar-refractivity contribution in [2.45, 2.75) is 101 Å². The third kappa shape index (κ3) is 7.89. The number of hydrogen-bond donors (Lipinski definition) is 8. The number of carboxylic acid groups (broad SMARTS) is 1. The number of amides is 2. The predicted molar refractivity (Wildman–Crippen MR) is 197 cm³/mol. The molecule has 8 atom stereocenters. The molecular formula is C40H46N2O16. The van der Waals surface area contributed by atoms with Crippen LogP contribution in [0.15, 0.2) is 30.4 Å². The lowest BCUT2D eigenvalue weighted by Gasteiger charge is -2.42. The van der Waals surface area contributed by atoms with E-state index in [0.29, 0.717) is 19.3 Å². The standard InChI is InChI=1S/C40H46N2O16/c1-18-32(47)22(42-38(53)57-19-8-5-4-6-11-39(2,13-19)37(52)41-16-26(45)46)12-27(56-18)58-24-15-40(54,25(44)17-43)14-21-29(24)36(51)31-30(34(21)49)33(48)20-9-7-10-23(55-3)28(20)35(31)50/h5,7-10,18-19,22,24,27,32,43,47,49,51,54H,4,6,11-17H2,1-3H3,(H,41,52)(H,42,53)(H,45,46)/b8-5+/t18-,19-,22-,24-,27-,32-,39+,40-/m0/s1. The van der Waals surface area contributed by atoms with Crippen molar-refractivity contribution in [3.8, 4) is 17.2 Å². The van der Waals surface area contributed by atoms with Gasteiger partial charge in [0.25, 0.3) is 0 Å². The number of carboxylic acids is 1. The first kappa shape index (κ1) is 42.2. The minimum absolute atomic E-state index is 0.0317. The van der Waals surface area contributed by atoms with Crippen LogP contribution in [0, 0.1) is 5.41 Å². The lowest BCUT2D eigenvalue weighted by atomic mass is 9.72. The number of Topliss-reactive ketones (excluding diaryl/α,β-unsaturated/α-hetero) is 1. The van der Waals surface area contributed by atoms with Crippen molar-refractivity contribution < 1.29 is 78.4 Å². The number of rotatable bonds is 10. The Morgan fingerprint density at radius 2 is 1.76 bits per heavy atom. The van der Waals surface area contributed by atoms with Gasteiger partial charge in [-0.05, 0) is 38.3 Å². The van der Waals surface area contributed by atoms with Crippen molar-refractivity contribution >= 4 is 35.3 Å². The van der Waals surface area contributed by atoms with Crippen LogP contribution in [0.3, 0.4) is 0 Å².